The first-order valence-corrected chi connectivity index (χ1v) is 8.07. The number of rotatable bonds is 5. The van der Waals surface area contributed by atoms with Crippen molar-refractivity contribution in [2.45, 2.75) is 12.5 Å². The molecule has 1 aliphatic heterocycles. The average Bonchev–Trinajstić information content (AvgIpc) is 3.08. The number of carboxylic acids is 1. The largest absolute Gasteiger partial charge is 0.481 e. The van der Waals surface area contributed by atoms with Crippen LogP contribution in [-0.4, -0.2) is 41.6 Å². The second kappa shape index (κ2) is 7.51. The smallest absolute Gasteiger partial charge is 0.387 e. The molecule has 0 aliphatic carbocycles. The van der Waals surface area contributed by atoms with Gasteiger partial charge >= 0.3 is 12.6 Å². The van der Waals surface area contributed by atoms with Crippen LogP contribution in [0.3, 0.4) is 0 Å². The summed E-state index contributed by atoms with van der Waals surface area (Å²) in [4.78, 5) is 25.8. The lowest BCUT2D eigenvalue weighted by atomic mass is 9.89. The lowest BCUT2D eigenvalue weighted by molar-refractivity contribution is -0.141. The molecule has 1 saturated heterocycles. The highest BCUT2D eigenvalue weighted by Gasteiger charge is 2.40. The molecule has 0 aromatic heterocycles. The Kier molecular flexibility index (Phi) is 5.16. The van der Waals surface area contributed by atoms with Gasteiger partial charge in [0.1, 0.15) is 5.75 Å². The van der Waals surface area contributed by atoms with E-state index in [0.29, 0.717) is 5.56 Å². The number of likely N-dealkylation sites (tertiary alicyclic amines) is 1. The monoisotopic (exact) mass is 361 g/mol. The summed E-state index contributed by atoms with van der Waals surface area (Å²) in [5, 5.41) is 9.51. The number of ether oxygens (including phenoxy) is 1. The number of amides is 1. The quantitative estimate of drug-likeness (QED) is 0.888. The van der Waals surface area contributed by atoms with Crippen LogP contribution in [-0.2, 0) is 4.79 Å². The number of hydrogen-bond acceptors (Lipinski definition) is 3. The molecule has 7 heteroatoms. The van der Waals surface area contributed by atoms with Gasteiger partial charge in [0.25, 0.3) is 5.91 Å². The molecule has 1 fully saturated rings. The Bertz CT molecular complexity index is 780. The summed E-state index contributed by atoms with van der Waals surface area (Å²) in [6, 6.07) is 14.6. The first-order valence-electron chi connectivity index (χ1n) is 8.07. The van der Waals surface area contributed by atoms with Gasteiger partial charge in [0, 0.05) is 24.6 Å². The van der Waals surface area contributed by atoms with Crippen LogP contribution in [0.5, 0.6) is 5.75 Å². The van der Waals surface area contributed by atoms with Gasteiger partial charge in [-0.2, -0.15) is 8.78 Å². The van der Waals surface area contributed by atoms with Crippen molar-refractivity contribution in [1.82, 2.24) is 4.90 Å². The number of carbonyl (C=O) groups is 2. The predicted molar refractivity (Wildman–Crippen MR) is 89.3 cm³/mol. The standard InChI is InChI=1S/C19H17F2NO4/c20-19(21)26-14-8-6-13(7-9-14)17(23)22-10-15(16(11-22)18(24)25)12-4-2-1-3-5-12/h1-9,15-16,19H,10-11H2,(H,24,25)/t15-,16-/m1/s1. The predicted octanol–water partition coefficient (Wildman–Crippen LogP) is 3.23. The molecule has 2 aromatic rings. The Morgan fingerprint density at radius 1 is 1.04 bits per heavy atom. The zero-order chi connectivity index (χ0) is 18.7. The molecule has 3 rings (SSSR count). The topological polar surface area (TPSA) is 66.8 Å². The Labute approximate surface area is 148 Å². The molecule has 1 N–H and O–H groups in total. The highest BCUT2D eigenvalue weighted by Crippen LogP contribution is 2.33. The summed E-state index contributed by atoms with van der Waals surface area (Å²) in [7, 11) is 0. The fourth-order valence-electron chi connectivity index (χ4n) is 3.22. The minimum atomic E-state index is -2.93. The molecule has 1 amide bonds. The van der Waals surface area contributed by atoms with Gasteiger partial charge in [-0.1, -0.05) is 30.3 Å². The molecule has 2 aromatic carbocycles. The Hall–Kier alpha value is -2.96. The van der Waals surface area contributed by atoms with E-state index in [0.717, 1.165) is 5.56 Å². The van der Waals surface area contributed by atoms with Crippen molar-refractivity contribution >= 4 is 11.9 Å². The van der Waals surface area contributed by atoms with Gasteiger partial charge in [0.15, 0.2) is 0 Å². The van der Waals surface area contributed by atoms with Crippen LogP contribution in [0.25, 0.3) is 0 Å². The van der Waals surface area contributed by atoms with E-state index in [4.69, 9.17) is 0 Å². The van der Waals surface area contributed by atoms with Gasteiger partial charge in [0.2, 0.25) is 0 Å². The van der Waals surface area contributed by atoms with Crippen molar-refractivity contribution in [3.63, 3.8) is 0 Å². The lowest BCUT2D eigenvalue weighted by Gasteiger charge is -2.17. The molecule has 26 heavy (non-hydrogen) atoms. The van der Waals surface area contributed by atoms with Crippen LogP contribution in [0.2, 0.25) is 0 Å². The van der Waals surface area contributed by atoms with E-state index >= 15 is 0 Å². The summed E-state index contributed by atoms with van der Waals surface area (Å²) < 4.78 is 28.7. The molecule has 0 bridgehead atoms. The van der Waals surface area contributed by atoms with E-state index in [1.807, 2.05) is 30.3 Å². The van der Waals surface area contributed by atoms with E-state index in [1.165, 1.54) is 29.2 Å². The van der Waals surface area contributed by atoms with Gasteiger partial charge in [-0.3, -0.25) is 9.59 Å². The third-order valence-corrected chi connectivity index (χ3v) is 4.48. The minimum Gasteiger partial charge on any atom is -0.481 e. The number of alkyl halides is 2. The number of hydrogen-bond donors (Lipinski definition) is 1. The molecular weight excluding hydrogens is 344 g/mol. The van der Waals surface area contributed by atoms with Crippen LogP contribution >= 0.6 is 0 Å². The lowest BCUT2D eigenvalue weighted by Crippen LogP contribution is -2.29. The maximum absolute atomic E-state index is 12.7. The molecule has 1 aliphatic rings. The molecule has 2 atom stereocenters. The minimum absolute atomic E-state index is 0.0384. The summed E-state index contributed by atoms with van der Waals surface area (Å²) in [5.74, 6) is -2.31. The fourth-order valence-corrected chi connectivity index (χ4v) is 3.22. The van der Waals surface area contributed by atoms with Gasteiger partial charge in [-0.25, -0.2) is 0 Å². The van der Waals surface area contributed by atoms with Crippen LogP contribution in [0.4, 0.5) is 8.78 Å². The van der Waals surface area contributed by atoms with E-state index in [1.54, 1.807) is 0 Å². The molecule has 1 heterocycles. The van der Waals surface area contributed by atoms with Crippen molar-refractivity contribution in [3.8, 4) is 5.75 Å². The van der Waals surface area contributed by atoms with Crippen molar-refractivity contribution in [1.29, 1.82) is 0 Å². The molecular formula is C19H17F2NO4. The van der Waals surface area contributed by atoms with E-state index in [2.05, 4.69) is 4.74 Å². The van der Waals surface area contributed by atoms with Gasteiger partial charge in [-0.05, 0) is 29.8 Å². The Morgan fingerprint density at radius 3 is 2.27 bits per heavy atom. The maximum atomic E-state index is 12.7. The number of carboxylic acid groups (broad SMARTS) is 1. The highest BCUT2D eigenvalue weighted by molar-refractivity contribution is 5.95. The molecule has 0 spiro atoms. The number of aliphatic carboxylic acids is 1. The maximum Gasteiger partial charge on any atom is 0.387 e. The van der Waals surface area contributed by atoms with Crippen molar-refractivity contribution in [2.75, 3.05) is 13.1 Å². The van der Waals surface area contributed by atoms with Gasteiger partial charge < -0.3 is 14.7 Å². The molecule has 0 unspecified atom stereocenters. The number of benzene rings is 2. The average molecular weight is 361 g/mol. The first-order chi connectivity index (χ1) is 12.5. The highest BCUT2D eigenvalue weighted by atomic mass is 19.3. The van der Waals surface area contributed by atoms with E-state index < -0.39 is 18.5 Å². The normalized spacial score (nSPS) is 19.6. The van der Waals surface area contributed by atoms with Crippen molar-refractivity contribution in [3.05, 3.63) is 65.7 Å². The van der Waals surface area contributed by atoms with Gasteiger partial charge in [-0.15, -0.1) is 0 Å². The summed E-state index contributed by atoms with van der Waals surface area (Å²) in [6.07, 6.45) is 0. The Balaban J connectivity index is 1.77. The second-order valence-electron chi connectivity index (χ2n) is 6.07. The van der Waals surface area contributed by atoms with Crippen LogP contribution in [0, 0.1) is 5.92 Å². The van der Waals surface area contributed by atoms with Crippen molar-refractivity contribution in [2.24, 2.45) is 5.92 Å². The molecule has 0 saturated carbocycles. The SMILES string of the molecule is O=C(O)[C@@H]1CN(C(=O)c2ccc(OC(F)F)cc2)C[C@@H]1c1ccccc1. The first kappa shape index (κ1) is 17.8. The third kappa shape index (κ3) is 3.82. The third-order valence-electron chi connectivity index (χ3n) is 4.48. The number of halogens is 2. The second-order valence-corrected chi connectivity index (χ2v) is 6.07. The summed E-state index contributed by atoms with van der Waals surface area (Å²) >= 11 is 0. The zero-order valence-corrected chi connectivity index (χ0v) is 13.7. The van der Waals surface area contributed by atoms with Crippen LogP contribution < -0.4 is 4.74 Å². The van der Waals surface area contributed by atoms with Crippen LogP contribution in [0.15, 0.2) is 54.6 Å². The van der Waals surface area contributed by atoms with E-state index in [9.17, 15) is 23.5 Å². The molecule has 0 radical (unpaired) electrons. The molecule has 5 nitrogen and oxygen atoms in total. The molecule has 136 valence electrons. The Morgan fingerprint density at radius 2 is 1.69 bits per heavy atom. The number of carbonyl (C=O) groups excluding carboxylic acids is 1. The summed E-state index contributed by atoms with van der Waals surface area (Å²) in [6.45, 7) is -2.55. The fraction of sp³-hybridized carbons (Fsp3) is 0.263. The van der Waals surface area contributed by atoms with Gasteiger partial charge in [0.05, 0.1) is 5.92 Å². The summed E-state index contributed by atoms with van der Waals surface area (Å²) in [5.41, 5.74) is 1.17. The number of nitrogens with zero attached hydrogens (tertiary/aromatic N) is 1. The zero-order valence-electron chi connectivity index (χ0n) is 13.7. The van der Waals surface area contributed by atoms with Crippen molar-refractivity contribution < 1.29 is 28.2 Å². The van der Waals surface area contributed by atoms with Crippen LogP contribution in [0.1, 0.15) is 21.8 Å². The van der Waals surface area contributed by atoms with E-state index in [-0.39, 0.29) is 30.7 Å².